The first-order chi connectivity index (χ1) is 11.9. The van der Waals surface area contributed by atoms with Crippen molar-refractivity contribution >= 4 is 45.2 Å². The number of hydrogen-bond acceptors (Lipinski definition) is 2. The third kappa shape index (κ3) is 4.03. The Kier molecular flexibility index (Phi) is 5.11. The molecule has 1 aliphatic rings. The fourth-order valence-corrected chi connectivity index (χ4v) is 3.02. The number of carbonyl (C=O) groups is 2. The maximum absolute atomic E-state index is 12.8. The predicted molar refractivity (Wildman–Crippen MR) is 101 cm³/mol. The van der Waals surface area contributed by atoms with Crippen LogP contribution in [-0.4, -0.2) is 11.9 Å². The van der Waals surface area contributed by atoms with Crippen molar-refractivity contribution < 1.29 is 9.59 Å². The second-order valence-electron chi connectivity index (χ2n) is 5.58. The molecule has 3 amide bonds. The molecule has 0 saturated carbocycles. The van der Waals surface area contributed by atoms with E-state index in [0.29, 0.717) is 22.0 Å². The smallest absolute Gasteiger partial charge is 0.319 e. The molecule has 0 bridgehead atoms. The van der Waals surface area contributed by atoms with Gasteiger partial charge in [-0.1, -0.05) is 39.7 Å². The van der Waals surface area contributed by atoms with Crippen LogP contribution in [0.2, 0.25) is 5.02 Å². The van der Waals surface area contributed by atoms with Crippen molar-refractivity contribution in [2.75, 3.05) is 5.32 Å². The van der Waals surface area contributed by atoms with Crippen LogP contribution in [0.25, 0.3) is 0 Å². The van der Waals surface area contributed by atoms with E-state index in [4.69, 9.17) is 11.6 Å². The zero-order valence-corrected chi connectivity index (χ0v) is 15.6. The van der Waals surface area contributed by atoms with Gasteiger partial charge < -0.3 is 16.0 Å². The number of anilines is 1. The number of halogens is 2. The molecule has 2 aromatic rings. The lowest BCUT2D eigenvalue weighted by molar-refractivity contribution is -0.113. The van der Waals surface area contributed by atoms with Crippen molar-refractivity contribution in [1.29, 1.82) is 0 Å². The van der Waals surface area contributed by atoms with Crippen LogP contribution in [0.4, 0.5) is 10.5 Å². The molecule has 0 saturated heterocycles. The van der Waals surface area contributed by atoms with Crippen molar-refractivity contribution in [3.8, 4) is 0 Å². The van der Waals surface area contributed by atoms with Gasteiger partial charge in [-0.2, -0.15) is 0 Å². The Labute approximate surface area is 158 Å². The topological polar surface area (TPSA) is 70.2 Å². The highest BCUT2D eigenvalue weighted by Crippen LogP contribution is 2.28. The molecule has 0 aliphatic carbocycles. The summed E-state index contributed by atoms with van der Waals surface area (Å²) in [7, 11) is 0. The van der Waals surface area contributed by atoms with Crippen LogP contribution < -0.4 is 16.0 Å². The van der Waals surface area contributed by atoms with Gasteiger partial charge in [0.1, 0.15) is 0 Å². The number of carbonyl (C=O) groups excluding carboxylic acids is 2. The van der Waals surface area contributed by atoms with Gasteiger partial charge in [0, 0.05) is 20.9 Å². The fourth-order valence-electron chi connectivity index (χ4n) is 2.63. The molecule has 5 nitrogen and oxygen atoms in total. The average molecular weight is 421 g/mol. The van der Waals surface area contributed by atoms with Crippen molar-refractivity contribution in [3.05, 3.63) is 74.9 Å². The minimum atomic E-state index is -0.533. The highest BCUT2D eigenvalue weighted by atomic mass is 79.9. The lowest BCUT2D eigenvalue weighted by Crippen LogP contribution is -2.45. The van der Waals surface area contributed by atoms with Gasteiger partial charge in [0.05, 0.1) is 11.6 Å². The van der Waals surface area contributed by atoms with Crippen LogP contribution in [0, 0.1) is 0 Å². The van der Waals surface area contributed by atoms with E-state index in [1.54, 1.807) is 31.2 Å². The summed E-state index contributed by atoms with van der Waals surface area (Å²) in [5.41, 5.74) is 2.42. The van der Waals surface area contributed by atoms with E-state index in [-0.39, 0.29) is 11.9 Å². The number of allylic oxidation sites excluding steroid dienone is 1. The highest BCUT2D eigenvalue weighted by molar-refractivity contribution is 9.10. The third-order valence-corrected chi connectivity index (χ3v) is 4.60. The van der Waals surface area contributed by atoms with Gasteiger partial charge in [-0.25, -0.2) is 4.79 Å². The van der Waals surface area contributed by atoms with E-state index >= 15 is 0 Å². The molecule has 128 valence electrons. The lowest BCUT2D eigenvalue weighted by Gasteiger charge is -2.28. The summed E-state index contributed by atoms with van der Waals surface area (Å²) in [4.78, 5) is 24.7. The fraction of sp³-hybridized carbons (Fsp3) is 0.111. The number of amides is 3. The molecular weight excluding hydrogens is 406 g/mol. The largest absolute Gasteiger partial charge is 0.327 e. The summed E-state index contributed by atoms with van der Waals surface area (Å²) >= 11 is 9.25. The number of benzene rings is 2. The van der Waals surface area contributed by atoms with E-state index in [0.717, 1.165) is 10.0 Å². The molecule has 25 heavy (non-hydrogen) atoms. The van der Waals surface area contributed by atoms with Crippen LogP contribution in [0.15, 0.2) is 64.3 Å². The van der Waals surface area contributed by atoms with Gasteiger partial charge in [-0.15, -0.1) is 0 Å². The lowest BCUT2D eigenvalue weighted by atomic mass is 9.95. The monoisotopic (exact) mass is 419 g/mol. The number of rotatable bonds is 3. The summed E-state index contributed by atoms with van der Waals surface area (Å²) in [6.07, 6.45) is 0. The van der Waals surface area contributed by atoms with Crippen LogP contribution in [0.5, 0.6) is 0 Å². The Bertz CT molecular complexity index is 848. The third-order valence-electron chi connectivity index (χ3n) is 3.82. The zero-order valence-electron chi connectivity index (χ0n) is 13.3. The molecule has 0 spiro atoms. The minimum absolute atomic E-state index is 0.291. The molecular formula is C18H15BrClN3O2. The molecule has 1 aliphatic heterocycles. The predicted octanol–water partition coefficient (Wildman–Crippen LogP) is 4.37. The molecule has 3 rings (SSSR count). The quantitative estimate of drug-likeness (QED) is 0.690. The standard InChI is InChI=1S/C18H15BrClN3O2/c1-10-15(17(24)22-14-8-6-13(20)7-9-14)16(23-18(25)21-10)11-2-4-12(19)5-3-11/h2-9,16H,1H3,(H,22,24)(H2,21,23,25)/t16-/m1/s1. The number of hydrogen-bond donors (Lipinski definition) is 3. The Morgan fingerprint density at radius 2 is 1.76 bits per heavy atom. The van der Waals surface area contributed by atoms with Crippen LogP contribution in [-0.2, 0) is 4.79 Å². The molecule has 1 heterocycles. The molecule has 0 aromatic heterocycles. The summed E-state index contributed by atoms with van der Waals surface area (Å²) in [6, 6.07) is 13.4. The van der Waals surface area contributed by atoms with Crippen molar-refractivity contribution in [1.82, 2.24) is 10.6 Å². The maximum atomic E-state index is 12.8. The Hall–Kier alpha value is -2.31. The number of nitrogens with one attached hydrogen (secondary N) is 3. The van der Waals surface area contributed by atoms with Crippen LogP contribution in [0.3, 0.4) is 0 Å². The molecule has 0 radical (unpaired) electrons. The van der Waals surface area contributed by atoms with Gasteiger partial charge in [0.15, 0.2) is 0 Å². The normalized spacial score (nSPS) is 16.9. The Morgan fingerprint density at radius 3 is 2.40 bits per heavy atom. The van der Waals surface area contributed by atoms with Gasteiger partial charge in [0.2, 0.25) is 0 Å². The second kappa shape index (κ2) is 7.29. The average Bonchev–Trinajstić information content (AvgIpc) is 2.57. The van der Waals surface area contributed by atoms with Gasteiger partial charge in [-0.3, -0.25) is 4.79 Å². The van der Waals surface area contributed by atoms with E-state index in [9.17, 15) is 9.59 Å². The minimum Gasteiger partial charge on any atom is -0.327 e. The summed E-state index contributed by atoms with van der Waals surface area (Å²) in [5.74, 6) is -0.291. The van der Waals surface area contributed by atoms with E-state index < -0.39 is 6.04 Å². The molecule has 0 fully saturated rings. The van der Waals surface area contributed by atoms with Gasteiger partial charge >= 0.3 is 6.03 Å². The van der Waals surface area contributed by atoms with Crippen molar-refractivity contribution in [3.63, 3.8) is 0 Å². The first-order valence-electron chi connectivity index (χ1n) is 7.54. The molecule has 0 unspecified atom stereocenters. The first kappa shape index (κ1) is 17.5. The Morgan fingerprint density at radius 1 is 1.12 bits per heavy atom. The first-order valence-corrected chi connectivity index (χ1v) is 8.72. The molecule has 7 heteroatoms. The van der Waals surface area contributed by atoms with Crippen LogP contribution in [0.1, 0.15) is 18.5 Å². The summed E-state index contributed by atoms with van der Waals surface area (Å²) < 4.78 is 0.921. The second-order valence-corrected chi connectivity index (χ2v) is 6.93. The van der Waals surface area contributed by atoms with Crippen LogP contribution >= 0.6 is 27.5 Å². The molecule has 3 N–H and O–H groups in total. The SMILES string of the molecule is CC1=C(C(=O)Nc2ccc(Cl)cc2)[C@@H](c2ccc(Br)cc2)NC(=O)N1. The molecule has 1 atom stereocenters. The van der Waals surface area contributed by atoms with Crippen molar-refractivity contribution in [2.45, 2.75) is 13.0 Å². The maximum Gasteiger partial charge on any atom is 0.319 e. The van der Waals surface area contributed by atoms with E-state index in [2.05, 4.69) is 31.9 Å². The van der Waals surface area contributed by atoms with Gasteiger partial charge in [0.25, 0.3) is 5.91 Å². The van der Waals surface area contributed by atoms with Gasteiger partial charge in [-0.05, 0) is 48.9 Å². The molecule has 2 aromatic carbocycles. The van der Waals surface area contributed by atoms with E-state index in [1.165, 1.54) is 0 Å². The summed E-state index contributed by atoms with van der Waals surface area (Å²) in [5, 5.41) is 8.89. The van der Waals surface area contributed by atoms with Crippen molar-refractivity contribution in [2.24, 2.45) is 0 Å². The Balaban J connectivity index is 1.92. The van der Waals surface area contributed by atoms with E-state index in [1.807, 2.05) is 24.3 Å². The number of urea groups is 1. The zero-order chi connectivity index (χ0) is 18.0. The summed E-state index contributed by atoms with van der Waals surface area (Å²) in [6.45, 7) is 1.71. The highest BCUT2D eigenvalue weighted by Gasteiger charge is 2.31.